The van der Waals surface area contributed by atoms with Gasteiger partial charge in [0, 0.05) is 12.7 Å². The van der Waals surface area contributed by atoms with Crippen LogP contribution in [0, 0.1) is 0 Å². The molecule has 0 saturated carbocycles. The molecule has 0 aliphatic carbocycles. The van der Waals surface area contributed by atoms with Gasteiger partial charge >= 0.3 is 0 Å². The van der Waals surface area contributed by atoms with E-state index < -0.39 is 47.1 Å². The summed E-state index contributed by atoms with van der Waals surface area (Å²) < 4.78 is 50.0. The summed E-state index contributed by atoms with van der Waals surface area (Å²) in [5.74, 6) is 0. The minimum Gasteiger partial charge on any atom is -0.387 e. The van der Waals surface area contributed by atoms with Crippen molar-refractivity contribution in [1.82, 2.24) is 0 Å². The standard InChI is InChI=1S/C15H20O8S/c1-19-15-13(23-24(2,17)18)11(16)12-10(21-15)8-20-14(22-12)9-6-4-3-5-7-9/h3-7,10-16H,8H2,1-2H3/t10-,11-,12-,13-,14?,15+/m1/s1. The Bertz CT molecular complexity index is 649. The lowest BCUT2D eigenvalue weighted by molar-refractivity contribution is -0.354. The summed E-state index contributed by atoms with van der Waals surface area (Å²) in [6.07, 6.45) is -4.69. The molecule has 1 aromatic carbocycles. The second-order valence-corrected chi connectivity index (χ2v) is 7.31. The summed E-state index contributed by atoms with van der Waals surface area (Å²) in [5.41, 5.74) is 0.789. The number of aliphatic hydroxyl groups excluding tert-OH is 1. The minimum absolute atomic E-state index is 0.173. The number of aliphatic hydroxyl groups is 1. The van der Waals surface area contributed by atoms with Crippen molar-refractivity contribution in [3.8, 4) is 0 Å². The van der Waals surface area contributed by atoms with Crippen LogP contribution in [0.25, 0.3) is 0 Å². The second kappa shape index (κ2) is 7.04. The van der Waals surface area contributed by atoms with E-state index in [9.17, 15) is 13.5 Å². The molecular formula is C15H20O8S. The number of benzene rings is 1. The van der Waals surface area contributed by atoms with Crippen LogP contribution in [0.2, 0.25) is 0 Å². The lowest BCUT2D eigenvalue weighted by atomic mass is 9.98. The topological polar surface area (TPSA) is 101 Å². The van der Waals surface area contributed by atoms with Crippen LogP contribution >= 0.6 is 0 Å². The monoisotopic (exact) mass is 360 g/mol. The smallest absolute Gasteiger partial charge is 0.264 e. The number of hydrogen-bond acceptors (Lipinski definition) is 8. The number of methoxy groups -OCH3 is 1. The van der Waals surface area contributed by atoms with E-state index in [0.29, 0.717) is 0 Å². The van der Waals surface area contributed by atoms with Gasteiger partial charge in [-0.1, -0.05) is 30.3 Å². The van der Waals surface area contributed by atoms with Crippen molar-refractivity contribution in [1.29, 1.82) is 0 Å². The average molecular weight is 360 g/mol. The Hall–Kier alpha value is -1.07. The molecule has 0 bridgehead atoms. The second-order valence-electron chi connectivity index (χ2n) is 5.71. The molecule has 1 aromatic rings. The zero-order valence-corrected chi connectivity index (χ0v) is 14.1. The molecule has 0 aromatic heterocycles. The van der Waals surface area contributed by atoms with E-state index >= 15 is 0 Å². The third-order valence-electron chi connectivity index (χ3n) is 3.90. The van der Waals surface area contributed by atoms with E-state index in [1.54, 1.807) is 0 Å². The summed E-state index contributed by atoms with van der Waals surface area (Å²) in [5, 5.41) is 10.6. The Balaban J connectivity index is 1.79. The van der Waals surface area contributed by atoms with E-state index in [4.69, 9.17) is 23.1 Å². The highest BCUT2D eigenvalue weighted by atomic mass is 32.2. The molecule has 134 valence electrons. The van der Waals surface area contributed by atoms with Crippen LogP contribution in [-0.4, -0.2) is 64.2 Å². The van der Waals surface area contributed by atoms with Gasteiger partial charge in [0.1, 0.15) is 18.3 Å². The molecular weight excluding hydrogens is 340 g/mol. The van der Waals surface area contributed by atoms with Crippen molar-refractivity contribution in [2.75, 3.05) is 20.0 Å². The summed E-state index contributed by atoms with van der Waals surface area (Å²) in [7, 11) is -2.47. The highest BCUT2D eigenvalue weighted by Crippen LogP contribution is 2.35. The minimum atomic E-state index is -3.81. The van der Waals surface area contributed by atoms with Gasteiger partial charge in [-0.2, -0.15) is 8.42 Å². The average Bonchev–Trinajstić information content (AvgIpc) is 2.56. The van der Waals surface area contributed by atoms with E-state index in [-0.39, 0.29) is 6.61 Å². The third kappa shape index (κ3) is 3.77. The van der Waals surface area contributed by atoms with E-state index in [1.807, 2.05) is 30.3 Å². The van der Waals surface area contributed by atoms with Crippen molar-refractivity contribution in [3.05, 3.63) is 35.9 Å². The molecule has 1 unspecified atom stereocenters. The molecule has 0 radical (unpaired) electrons. The van der Waals surface area contributed by atoms with Gasteiger partial charge in [-0.15, -0.1) is 0 Å². The van der Waals surface area contributed by atoms with Crippen LogP contribution < -0.4 is 0 Å². The molecule has 3 rings (SSSR count). The Morgan fingerprint density at radius 3 is 2.54 bits per heavy atom. The van der Waals surface area contributed by atoms with Gasteiger partial charge in [-0.05, 0) is 0 Å². The van der Waals surface area contributed by atoms with E-state index in [2.05, 4.69) is 0 Å². The molecule has 2 aliphatic rings. The first kappa shape index (κ1) is 17.7. The van der Waals surface area contributed by atoms with E-state index in [0.717, 1.165) is 11.8 Å². The Labute approximate surface area is 140 Å². The fourth-order valence-electron chi connectivity index (χ4n) is 2.84. The number of fused-ring (bicyclic) bond motifs is 1. The maximum absolute atomic E-state index is 11.4. The summed E-state index contributed by atoms with van der Waals surface area (Å²) in [6, 6.07) is 9.23. The van der Waals surface area contributed by atoms with Gasteiger partial charge in [-0.25, -0.2) is 0 Å². The predicted octanol–water partition coefficient (Wildman–Crippen LogP) is 0.178. The molecule has 0 amide bonds. The van der Waals surface area contributed by atoms with Crippen LogP contribution in [-0.2, 0) is 33.2 Å². The SMILES string of the molecule is CO[C@H]1O[C@@H]2COC(c3ccccc3)O[C@H]2[C@@H](O)[C@H]1OS(C)(=O)=O. The molecule has 1 N–H and O–H groups in total. The van der Waals surface area contributed by atoms with Crippen molar-refractivity contribution >= 4 is 10.1 Å². The molecule has 2 heterocycles. The molecule has 0 spiro atoms. The molecule has 2 aliphatic heterocycles. The van der Waals surface area contributed by atoms with Gasteiger partial charge < -0.3 is 24.1 Å². The van der Waals surface area contributed by atoms with Gasteiger partial charge in [0.05, 0.1) is 12.9 Å². The zero-order chi connectivity index (χ0) is 17.3. The Morgan fingerprint density at radius 1 is 1.21 bits per heavy atom. The van der Waals surface area contributed by atoms with Crippen LogP contribution in [0.4, 0.5) is 0 Å². The Kier molecular flexibility index (Phi) is 5.21. The Morgan fingerprint density at radius 2 is 1.92 bits per heavy atom. The summed E-state index contributed by atoms with van der Waals surface area (Å²) >= 11 is 0. The van der Waals surface area contributed by atoms with Crippen LogP contribution in [0.1, 0.15) is 11.9 Å². The van der Waals surface area contributed by atoms with Crippen molar-refractivity contribution in [3.63, 3.8) is 0 Å². The number of rotatable bonds is 4. The van der Waals surface area contributed by atoms with Gasteiger partial charge in [0.15, 0.2) is 18.7 Å². The maximum atomic E-state index is 11.4. The van der Waals surface area contributed by atoms with Crippen LogP contribution in [0.5, 0.6) is 0 Å². The third-order valence-corrected chi connectivity index (χ3v) is 4.47. The predicted molar refractivity (Wildman–Crippen MR) is 81.4 cm³/mol. The molecule has 8 nitrogen and oxygen atoms in total. The molecule has 6 atom stereocenters. The van der Waals surface area contributed by atoms with Gasteiger partial charge in [0.25, 0.3) is 10.1 Å². The van der Waals surface area contributed by atoms with Crippen LogP contribution in [0.3, 0.4) is 0 Å². The highest BCUT2D eigenvalue weighted by Gasteiger charge is 2.51. The fourth-order valence-corrected chi connectivity index (χ4v) is 3.45. The van der Waals surface area contributed by atoms with Gasteiger partial charge in [-0.3, -0.25) is 4.18 Å². The van der Waals surface area contributed by atoms with Crippen molar-refractivity contribution in [2.45, 2.75) is 37.0 Å². The summed E-state index contributed by atoms with van der Waals surface area (Å²) in [4.78, 5) is 0. The van der Waals surface area contributed by atoms with E-state index in [1.165, 1.54) is 7.11 Å². The lowest BCUT2D eigenvalue weighted by Crippen LogP contribution is -2.63. The normalized spacial score (nSPS) is 37.0. The number of hydrogen-bond donors (Lipinski definition) is 1. The molecule has 9 heteroatoms. The quantitative estimate of drug-likeness (QED) is 0.759. The van der Waals surface area contributed by atoms with Crippen LogP contribution in [0.15, 0.2) is 30.3 Å². The first-order valence-corrected chi connectivity index (χ1v) is 9.27. The first-order chi connectivity index (χ1) is 11.4. The summed E-state index contributed by atoms with van der Waals surface area (Å²) in [6.45, 7) is 0.173. The molecule has 24 heavy (non-hydrogen) atoms. The maximum Gasteiger partial charge on any atom is 0.264 e. The lowest BCUT2D eigenvalue weighted by Gasteiger charge is -2.46. The fraction of sp³-hybridized carbons (Fsp3) is 0.600. The van der Waals surface area contributed by atoms with Gasteiger partial charge in [0.2, 0.25) is 0 Å². The molecule has 2 fully saturated rings. The zero-order valence-electron chi connectivity index (χ0n) is 13.3. The highest BCUT2D eigenvalue weighted by molar-refractivity contribution is 7.86. The van der Waals surface area contributed by atoms with Crippen molar-refractivity contribution < 1.29 is 36.7 Å². The largest absolute Gasteiger partial charge is 0.387 e. The van der Waals surface area contributed by atoms with Crippen molar-refractivity contribution in [2.24, 2.45) is 0 Å². The first-order valence-electron chi connectivity index (χ1n) is 7.45. The molecule has 2 saturated heterocycles. The number of ether oxygens (including phenoxy) is 4.